The van der Waals surface area contributed by atoms with Crippen molar-refractivity contribution in [3.05, 3.63) is 194 Å². The summed E-state index contributed by atoms with van der Waals surface area (Å²) in [6.07, 6.45) is 0. The summed E-state index contributed by atoms with van der Waals surface area (Å²) in [5, 5.41) is 3.56. The topological polar surface area (TPSA) is 13.1 Å². The third kappa shape index (κ3) is 4.94. The van der Waals surface area contributed by atoms with E-state index in [-0.39, 0.29) is 105 Å². The molecule has 10 aromatic rings. The lowest BCUT2D eigenvalue weighted by atomic mass is 9.84. The zero-order chi connectivity index (χ0) is 42.4. The minimum absolute atomic E-state index is 0.0311. The highest BCUT2D eigenvalue weighted by atomic mass is 16.3. The second-order valence-corrected chi connectivity index (χ2v) is 12.4. The van der Waals surface area contributed by atoms with Gasteiger partial charge in [0.25, 0.3) is 0 Å². The van der Waals surface area contributed by atoms with Gasteiger partial charge in [-0.3, -0.25) is 0 Å². The molecule has 0 fully saturated rings. The Morgan fingerprint density at radius 2 is 0.804 bits per heavy atom. The van der Waals surface area contributed by atoms with E-state index in [1.54, 1.807) is 60.7 Å². The lowest BCUT2D eigenvalue weighted by Crippen LogP contribution is -1.91. The molecule has 0 spiro atoms. The summed E-state index contributed by atoms with van der Waals surface area (Å²) in [7, 11) is 0. The van der Waals surface area contributed by atoms with Crippen LogP contribution in [0.3, 0.4) is 0 Å². The first-order valence-corrected chi connectivity index (χ1v) is 16.7. The van der Waals surface area contributed by atoms with Crippen molar-refractivity contribution in [3.8, 4) is 55.6 Å². The molecule has 0 aliphatic heterocycles. The molecule has 238 valence electrons. The summed E-state index contributed by atoms with van der Waals surface area (Å²) in [6.45, 7) is 0. The Labute approximate surface area is 310 Å². The standard InChI is InChI=1S/C50H32O/c1-3-12-33(13-4-1)35-22-24-36(25-23-35)37-26-28-38(29-27-37)48-40-16-7-9-18-42(40)49(43-19-10-8-17-41(43)48)44-20-11-21-47-50(44)45-32-39(30-31-46(45)51-47)34-14-5-2-6-15-34/h1-32H/i11D,20D,21D,22D,23D,24D,25D,30D,31D,32D. The van der Waals surface area contributed by atoms with Crippen molar-refractivity contribution in [2.45, 2.75) is 0 Å². The van der Waals surface area contributed by atoms with Crippen molar-refractivity contribution in [1.82, 2.24) is 0 Å². The fraction of sp³-hybridized carbons (Fsp3) is 0. The Hall–Kier alpha value is -6.70. The Bertz CT molecular complexity index is 3370. The Balaban J connectivity index is 1.24. The normalized spacial score (nSPS) is 14.3. The monoisotopic (exact) mass is 658 g/mol. The molecular weight excluding hydrogens is 617 g/mol. The van der Waals surface area contributed by atoms with Gasteiger partial charge in [-0.25, -0.2) is 0 Å². The molecular formula is C50H32O. The number of furan rings is 1. The fourth-order valence-corrected chi connectivity index (χ4v) is 7.11. The molecule has 0 saturated heterocycles. The van der Waals surface area contributed by atoms with E-state index in [2.05, 4.69) is 0 Å². The lowest BCUT2D eigenvalue weighted by Gasteiger charge is -2.18. The average Bonchev–Trinajstić information content (AvgIpc) is 3.69. The number of rotatable bonds is 5. The lowest BCUT2D eigenvalue weighted by molar-refractivity contribution is 0.669. The van der Waals surface area contributed by atoms with E-state index in [0.29, 0.717) is 22.3 Å². The van der Waals surface area contributed by atoms with Gasteiger partial charge in [0.15, 0.2) is 0 Å². The van der Waals surface area contributed by atoms with Gasteiger partial charge < -0.3 is 4.42 Å². The third-order valence-electron chi connectivity index (χ3n) is 9.47. The first kappa shape index (κ1) is 20.7. The summed E-state index contributed by atoms with van der Waals surface area (Å²) in [5.74, 6) is 0. The van der Waals surface area contributed by atoms with E-state index in [1.165, 1.54) is 0 Å². The summed E-state index contributed by atoms with van der Waals surface area (Å²) in [5.41, 5.74) is 4.88. The zero-order valence-electron chi connectivity index (χ0n) is 37.1. The molecule has 9 aromatic carbocycles. The summed E-state index contributed by atoms with van der Waals surface area (Å²) in [6, 6.07) is 38.9. The van der Waals surface area contributed by atoms with E-state index in [1.807, 2.05) is 72.8 Å². The fourth-order valence-electron chi connectivity index (χ4n) is 7.11. The minimum Gasteiger partial charge on any atom is -0.456 e. The van der Waals surface area contributed by atoms with E-state index in [4.69, 9.17) is 15.4 Å². The molecule has 0 radical (unpaired) electrons. The number of fused-ring (bicyclic) bond motifs is 5. The molecule has 0 atom stereocenters. The second kappa shape index (κ2) is 12.0. The van der Waals surface area contributed by atoms with Crippen molar-refractivity contribution < 1.29 is 18.1 Å². The molecule has 1 aromatic heterocycles. The smallest absolute Gasteiger partial charge is 0.136 e. The van der Waals surface area contributed by atoms with Gasteiger partial charge in [-0.1, -0.05) is 176 Å². The molecule has 0 amide bonds. The van der Waals surface area contributed by atoms with Gasteiger partial charge in [-0.2, -0.15) is 0 Å². The van der Waals surface area contributed by atoms with Crippen LogP contribution in [0.15, 0.2) is 198 Å². The Morgan fingerprint density at radius 1 is 0.333 bits per heavy atom. The van der Waals surface area contributed by atoms with Crippen LogP contribution in [0, 0.1) is 0 Å². The highest BCUT2D eigenvalue weighted by Gasteiger charge is 2.20. The largest absolute Gasteiger partial charge is 0.456 e. The van der Waals surface area contributed by atoms with Crippen LogP contribution in [0.5, 0.6) is 0 Å². The van der Waals surface area contributed by atoms with E-state index >= 15 is 0 Å². The molecule has 0 saturated carbocycles. The van der Waals surface area contributed by atoms with E-state index < -0.39 is 0 Å². The molecule has 1 heteroatoms. The van der Waals surface area contributed by atoms with Gasteiger partial charge in [0.05, 0.1) is 13.7 Å². The first-order valence-electron chi connectivity index (χ1n) is 21.7. The minimum atomic E-state index is -0.368. The van der Waals surface area contributed by atoms with Crippen molar-refractivity contribution in [2.75, 3.05) is 0 Å². The van der Waals surface area contributed by atoms with Crippen molar-refractivity contribution in [2.24, 2.45) is 0 Å². The van der Waals surface area contributed by atoms with E-state index in [0.717, 1.165) is 32.7 Å². The van der Waals surface area contributed by atoms with Gasteiger partial charge in [0.2, 0.25) is 0 Å². The predicted molar refractivity (Wildman–Crippen MR) is 216 cm³/mol. The zero-order valence-corrected chi connectivity index (χ0v) is 27.1. The summed E-state index contributed by atoms with van der Waals surface area (Å²) in [4.78, 5) is 0. The molecule has 0 unspecified atom stereocenters. The highest BCUT2D eigenvalue weighted by molar-refractivity contribution is 6.25. The van der Waals surface area contributed by atoms with Crippen LogP contribution >= 0.6 is 0 Å². The van der Waals surface area contributed by atoms with Crippen molar-refractivity contribution in [3.63, 3.8) is 0 Å². The van der Waals surface area contributed by atoms with Gasteiger partial charge >= 0.3 is 0 Å². The van der Waals surface area contributed by atoms with Crippen molar-refractivity contribution in [1.29, 1.82) is 0 Å². The van der Waals surface area contributed by atoms with Crippen LogP contribution in [0.1, 0.15) is 13.7 Å². The van der Waals surface area contributed by atoms with Crippen LogP contribution in [-0.2, 0) is 0 Å². The van der Waals surface area contributed by atoms with Gasteiger partial charge in [-0.15, -0.1) is 0 Å². The maximum atomic E-state index is 9.54. The second-order valence-electron chi connectivity index (χ2n) is 12.4. The number of hydrogen-bond donors (Lipinski definition) is 0. The van der Waals surface area contributed by atoms with Gasteiger partial charge in [0.1, 0.15) is 11.2 Å². The predicted octanol–water partition coefficient (Wildman–Crippen LogP) is 14.2. The maximum Gasteiger partial charge on any atom is 0.136 e. The van der Waals surface area contributed by atoms with E-state index in [9.17, 15) is 2.74 Å². The Kier molecular flexibility index (Phi) is 4.88. The SMILES string of the molecule is [2H]c1c([2H])c(-c2ccc(-c3c4ccccc4c(-c4c([2H])c([2H])c([2H])c5oc6c([2H])c([2H])c(-c7ccccc7)c([2H])c6c45)c4ccccc34)cc2)c([2H])c([2H])c1-c1ccccc1. The molecule has 0 aliphatic carbocycles. The van der Waals surface area contributed by atoms with Crippen LogP contribution in [0.25, 0.3) is 99.1 Å². The average molecular weight is 659 g/mol. The molecule has 0 aliphatic rings. The van der Waals surface area contributed by atoms with Crippen LogP contribution in [-0.4, -0.2) is 0 Å². The van der Waals surface area contributed by atoms with Gasteiger partial charge in [-0.05, 0) is 95.3 Å². The maximum absolute atomic E-state index is 9.54. The quantitative estimate of drug-likeness (QED) is 0.168. The molecule has 1 heterocycles. The highest BCUT2D eigenvalue weighted by Crippen LogP contribution is 2.47. The molecule has 0 bridgehead atoms. The summed E-state index contributed by atoms with van der Waals surface area (Å²) < 4.78 is 96.8. The van der Waals surface area contributed by atoms with Crippen LogP contribution in [0.2, 0.25) is 0 Å². The third-order valence-corrected chi connectivity index (χ3v) is 9.47. The first-order chi connectivity index (χ1) is 29.5. The number of hydrogen-bond acceptors (Lipinski definition) is 1. The van der Waals surface area contributed by atoms with Crippen LogP contribution in [0.4, 0.5) is 0 Å². The molecule has 51 heavy (non-hydrogen) atoms. The summed E-state index contributed by atoms with van der Waals surface area (Å²) >= 11 is 0. The van der Waals surface area contributed by atoms with Crippen LogP contribution < -0.4 is 0 Å². The molecule has 10 rings (SSSR count). The molecule has 1 nitrogen and oxygen atoms in total. The number of benzene rings is 9. The Morgan fingerprint density at radius 3 is 1.39 bits per heavy atom. The molecule has 0 N–H and O–H groups in total. The van der Waals surface area contributed by atoms with Crippen molar-refractivity contribution >= 4 is 43.5 Å². The van der Waals surface area contributed by atoms with Gasteiger partial charge in [0, 0.05) is 10.8 Å².